The van der Waals surface area contributed by atoms with Crippen LogP contribution in [-0.4, -0.2) is 11.5 Å². The van der Waals surface area contributed by atoms with Gasteiger partial charge in [0, 0.05) is 29.9 Å². The van der Waals surface area contributed by atoms with E-state index in [1.165, 1.54) is 12.1 Å². The highest BCUT2D eigenvalue weighted by Gasteiger charge is 2.03. The topological polar surface area (TPSA) is 55.2 Å². The Morgan fingerprint density at radius 2 is 1.95 bits per heavy atom. The number of nitro benzene ring substituents is 1. The SMILES string of the molecule is C#Cc1cccc(NCCc2ccc([N+](=O)[O-])cc2)c1. The van der Waals surface area contributed by atoms with Crippen LogP contribution in [0.1, 0.15) is 11.1 Å². The fourth-order valence-corrected chi connectivity index (χ4v) is 1.85. The zero-order chi connectivity index (χ0) is 14.4. The molecule has 0 aromatic heterocycles. The van der Waals surface area contributed by atoms with Crippen molar-refractivity contribution in [2.75, 3.05) is 11.9 Å². The van der Waals surface area contributed by atoms with Gasteiger partial charge in [-0.05, 0) is 30.2 Å². The van der Waals surface area contributed by atoms with Crippen LogP contribution >= 0.6 is 0 Å². The number of nitrogens with one attached hydrogen (secondary N) is 1. The number of non-ortho nitro benzene ring substituents is 1. The molecule has 0 bridgehead atoms. The molecule has 0 amide bonds. The van der Waals surface area contributed by atoms with Crippen LogP contribution in [0.25, 0.3) is 0 Å². The summed E-state index contributed by atoms with van der Waals surface area (Å²) >= 11 is 0. The van der Waals surface area contributed by atoms with Gasteiger partial charge in [-0.25, -0.2) is 0 Å². The van der Waals surface area contributed by atoms with Crippen molar-refractivity contribution in [3.8, 4) is 12.3 Å². The minimum absolute atomic E-state index is 0.114. The first kappa shape index (κ1) is 13.6. The molecule has 0 aliphatic carbocycles. The van der Waals surface area contributed by atoms with E-state index in [1.54, 1.807) is 12.1 Å². The first-order chi connectivity index (χ1) is 9.69. The van der Waals surface area contributed by atoms with Gasteiger partial charge in [0.05, 0.1) is 4.92 Å². The van der Waals surface area contributed by atoms with Gasteiger partial charge in [0.2, 0.25) is 0 Å². The third-order valence-electron chi connectivity index (χ3n) is 2.92. The van der Waals surface area contributed by atoms with E-state index in [4.69, 9.17) is 6.42 Å². The third kappa shape index (κ3) is 3.59. The van der Waals surface area contributed by atoms with E-state index in [2.05, 4.69) is 11.2 Å². The van der Waals surface area contributed by atoms with Crippen LogP contribution in [0.15, 0.2) is 48.5 Å². The van der Waals surface area contributed by atoms with E-state index in [1.807, 2.05) is 24.3 Å². The highest BCUT2D eigenvalue weighted by molar-refractivity contribution is 5.50. The molecule has 0 atom stereocenters. The summed E-state index contributed by atoms with van der Waals surface area (Å²) in [5, 5.41) is 13.8. The van der Waals surface area contributed by atoms with Crippen molar-refractivity contribution in [3.05, 3.63) is 69.8 Å². The zero-order valence-corrected chi connectivity index (χ0v) is 10.9. The molecule has 2 rings (SSSR count). The van der Waals surface area contributed by atoms with Crippen molar-refractivity contribution >= 4 is 11.4 Å². The molecule has 0 heterocycles. The van der Waals surface area contributed by atoms with Crippen LogP contribution in [0, 0.1) is 22.5 Å². The maximum atomic E-state index is 10.5. The lowest BCUT2D eigenvalue weighted by molar-refractivity contribution is -0.384. The van der Waals surface area contributed by atoms with E-state index < -0.39 is 4.92 Å². The number of rotatable bonds is 5. The van der Waals surface area contributed by atoms with E-state index in [9.17, 15) is 10.1 Å². The maximum absolute atomic E-state index is 10.5. The summed E-state index contributed by atoms with van der Waals surface area (Å²) in [6.07, 6.45) is 6.13. The molecule has 2 aromatic rings. The first-order valence-electron chi connectivity index (χ1n) is 6.23. The molecule has 0 saturated heterocycles. The Labute approximate surface area is 117 Å². The van der Waals surface area contributed by atoms with Gasteiger partial charge in [0.25, 0.3) is 5.69 Å². The van der Waals surface area contributed by atoms with Crippen molar-refractivity contribution < 1.29 is 4.92 Å². The number of hydrogen-bond donors (Lipinski definition) is 1. The fraction of sp³-hybridized carbons (Fsp3) is 0.125. The number of hydrogen-bond acceptors (Lipinski definition) is 3. The summed E-state index contributed by atoms with van der Waals surface area (Å²) in [7, 11) is 0. The molecule has 1 N–H and O–H groups in total. The first-order valence-corrected chi connectivity index (χ1v) is 6.23. The standard InChI is InChI=1S/C16H14N2O2/c1-2-13-4-3-5-15(12-13)17-11-10-14-6-8-16(9-7-14)18(19)20/h1,3-9,12,17H,10-11H2. The third-order valence-corrected chi connectivity index (χ3v) is 2.92. The van der Waals surface area contributed by atoms with Crippen molar-refractivity contribution in [1.82, 2.24) is 0 Å². The number of nitrogens with zero attached hydrogens (tertiary/aromatic N) is 1. The second kappa shape index (κ2) is 6.39. The van der Waals surface area contributed by atoms with Crippen LogP contribution in [0.4, 0.5) is 11.4 Å². The predicted molar refractivity (Wildman–Crippen MR) is 79.7 cm³/mol. The smallest absolute Gasteiger partial charge is 0.269 e. The Morgan fingerprint density at radius 3 is 2.60 bits per heavy atom. The fourth-order valence-electron chi connectivity index (χ4n) is 1.85. The molecular weight excluding hydrogens is 252 g/mol. The number of terminal acetylenes is 1. The molecule has 0 aliphatic rings. The van der Waals surface area contributed by atoms with E-state index in [0.717, 1.165) is 29.8 Å². The van der Waals surface area contributed by atoms with Gasteiger partial charge < -0.3 is 5.32 Å². The minimum Gasteiger partial charge on any atom is -0.385 e. The van der Waals surface area contributed by atoms with Gasteiger partial charge in [0.1, 0.15) is 0 Å². The molecule has 0 aliphatic heterocycles. The minimum atomic E-state index is -0.395. The average Bonchev–Trinajstić information content (AvgIpc) is 2.48. The molecule has 2 aromatic carbocycles. The van der Waals surface area contributed by atoms with Crippen LogP contribution in [0.3, 0.4) is 0 Å². The molecule has 0 unspecified atom stereocenters. The quantitative estimate of drug-likeness (QED) is 0.513. The summed E-state index contributed by atoms with van der Waals surface area (Å²) < 4.78 is 0. The highest BCUT2D eigenvalue weighted by Crippen LogP contribution is 2.13. The summed E-state index contributed by atoms with van der Waals surface area (Å²) in [5.74, 6) is 2.59. The summed E-state index contributed by atoms with van der Waals surface area (Å²) in [6, 6.07) is 14.2. The van der Waals surface area contributed by atoms with Crippen LogP contribution < -0.4 is 5.32 Å². The monoisotopic (exact) mass is 266 g/mol. The molecule has 20 heavy (non-hydrogen) atoms. The Kier molecular flexibility index (Phi) is 4.35. The predicted octanol–water partition coefficient (Wildman–Crippen LogP) is 3.23. The maximum Gasteiger partial charge on any atom is 0.269 e. The molecule has 0 radical (unpaired) electrons. The summed E-state index contributed by atoms with van der Waals surface area (Å²) in [5.41, 5.74) is 2.98. The second-order valence-electron chi connectivity index (χ2n) is 4.33. The lowest BCUT2D eigenvalue weighted by Gasteiger charge is -2.06. The lowest BCUT2D eigenvalue weighted by Crippen LogP contribution is -2.04. The number of nitro groups is 1. The van der Waals surface area contributed by atoms with Gasteiger partial charge in [-0.3, -0.25) is 10.1 Å². The molecule has 0 spiro atoms. The van der Waals surface area contributed by atoms with Crippen molar-refractivity contribution in [3.63, 3.8) is 0 Å². The number of anilines is 1. The van der Waals surface area contributed by atoms with E-state index >= 15 is 0 Å². The number of benzene rings is 2. The average molecular weight is 266 g/mol. The Bertz CT molecular complexity index is 642. The molecule has 100 valence electrons. The van der Waals surface area contributed by atoms with Gasteiger partial charge in [-0.2, -0.15) is 0 Å². The Hall–Kier alpha value is -2.80. The lowest BCUT2D eigenvalue weighted by atomic mass is 10.1. The van der Waals surface area contributed by atoms with Gasteiger partial charge in [-0.1, -0.05) is 24.1 Å². The summed E-state index contributed by atoms with van der Waals surface area (Å²) in [4.78, 5) is 10.2. The largest absolute Gasteiger partial charge is 0.385 e. The molecule has 0 fully saturated rings. The van der Waals surface area contributed by atoms with Gasteiger partial charge in [-0.15, -0.1) is 6.42 Å². The molecular formula is C16H14N2O2. The molecule has 0 saturated carbocycles. The van der Waals surface area contributed by atoms with E-state index in [-0.39, 0.29) is 5.69 Å². The van der Waals surface area contributed by atoms with Crippen LogP contribution in [-0.2, 0) is 6.42 Å². The second-order valence-corrected chi connectivity index (χ2v) is 4.33. The zero-order valence-electron chi connectivity index (χ0n) is 10.9. The van der Waals surface area contributed by atoms with E-state index in [0.29, 0.717) is 0 Å². The van der Waals surface area contributed by atoms with Gasteiger partial charge in [0.15, 0.2) is 0 Å². The normalized spacial score (nSPS) is 9.75. The Balaban J connectivity index is 1.89. The van der Waals surface area contributed by atoms with Crippen molar-refractivity contribution in [2.24, 2.45) is 0 Å². The van der Waals surface area contributed by atoms with Crippen molar-refractivity contribution in [2.45, 2.75) is 6.42 Å². The van der Waals surface area contributed by atoms with Crippen molar-refractivity contribution in [1.29, 1.82) is 0 Å². The molecule has 4 nitrogen and oxygen atoms in total. The van der Waals surface area contributed by atoms with Gasteiger partial charge >= 0.3 is 0 Å². The highest BCUT2D eigenvalue weighted by atomic mass is 16.6. The molecule has 4 heteroatoms. The van der Waals surface area contributed by atoms with Crippen LogP contribution in [0.5, 0.6) is 0 Å². The summed E-state index contributed by atoms with van der Waals surface area (Å²) in [6.45, 7) is 0.742. The Morgan fingerprint density at radius 1 is 1.20 bits per heavy atom. The van der Waals surface area contributed by atoms with Crippen LogP contribution in [0.2, 0.25) is 0 Å².